The van der Waals surface area contributed by atoms with Crippen LogP contribution in [0.3, 0.4) is 0 Å². The molecular formula is C34H29ClN2O4S2. The second kappa shape index (κ2) is 10.1. The lowest BCUT2D eigenvalue weighted by Crippen LogP contribution is -2.42. The Bertz CT molecular complexity index is 1850. The molecule has 4 aliphatic rings. The molecule has 218 valence electrons. The summed E-state index contributed by atoms with van der Waals surface area (Å²) in [6.07, 6.45) is 0.826. The molecule has 1 saturated heterocycles. The van der Waals surface area contributed by atoms with Crippen LogP contribution in [0.4, 0.5) is 5.69 Å². The van der Waals surface area contributed by atoms with E-state index in [2.05, 4.69) is 24.0 Å². The highest BCUT2D eigenvalue weighted by molar-refractivity contribution is 8.00. The van der Waals surface area contributed by atoms with Crippen molar-refractivity contribution in [1.82, 2.24) is 4.98 Å². The van der Waals surface area contributed by atoms with Gasteiger partial charge in [-0.2, -0.15) is 0 Å². The predicted molar refractivity (Wildman–Crippen MR) is 169 cm³/mol. The molecule has 43 heavy (non-hydrogen) atoms. The van der Waals surface area contributed by atoms with Gasteiger partial charge in [-0.15, -0.1) is 11.8 Å². The van der Waals surface area contributed by atoms with Crippen molar-refractivity contribution in [3.05, 3.63) is 109 Å². The van der Waals surface area contributed by atoms with Gasteiger partial charge in [0.1, 0.15) is 12.4 Å². The molecule has 0 radical (unpaired) electrons. The van der Waals surface area contributed by atoms with Gasteiger partial charge in [-0.05, 0) is 73.9 Å². The minimum atomic E-state index is -0.365. The summed E-state index contributed by atoms with van der Waals surface area (Å²) in [4.78, 5) is 46.0. The van der Waals surface area contributed by atoms with Crippen LogP contribution in [-0.4, -0.2) is 22.0 Å². The number of aryl methyl sites for hydroxylation is 2. The average Bonchev–Trinajstić information content (AvgIpc) is 3.72. The molecule has 2 aliphatic carbocycles. The smallest absolute Gasteiger partial charge is 0.305 e. The number of thioether (sulfide) groups is 1. The molecular weight excluding hydrogens is 600 g/mol. The van der Waals surface area contributed by atoms with Crippen molar-refractivity contribution in [2.24, 2.45) is 29.6 Å². The summed E-state index contributed by atoms with van der Waals surface area (Å²) < 4.78 is 6.47. The number of H-pyrrole nitrogens is 1. The summed E-state index contributed by atoms with van der Waals surface area (Å²) in [7, 11) is 0. The van der Waals surface area contributed by atoms with E-state index in [0.29, 0.717) is 17.3 Å². The van der Waals surface area contributed by atoms with Crippen LogP contribution in [-0.2, 0) is 16.2 Å². The Balaban J connectivity index is 1.20. The molecule has 7 atom stereocenters. The zero-order valence-electron chi connectivity index (χ0n) is 23.6. The Morgan fingerprint density at radius 2 is 1.70 bits per heavy atom. The van der Waals surface area contributed by atoms with Crippen LogP contribution >= 0.6 is 34.7 Å². The molecule has 3 heterocycles. The van der Waals surface area contributed by atoms with Crippen molar-refractivity contribution >= 4 is 52.2 Å². The number of anilines is 1. The Morgan fingerprint density at radius 1 is 0.930 bits per heavy atom. The van der Waals surface area contributed by atoms with Gasteiger partial charge in [0.2, 0.25) is 11.8 Å². The number of imide groups is 1. The minimum absolute atomic E-state index is 0.0124. The van der Waals surface area contributed by atoms with Crippen LogP contribution in [0.1, 0.15) is 39.5 Å². The number of carbonyl (C=O) groups is 2. The first kappa shape index (κ1) is 27.2. The van der Waals surface area contributed by atoms with Gasteiger partial charge in [-0.3, -0.25) is 19.3 Å². The molecule has 1 aromatic heterocycles. The second-order valence-corrected chi connectivity index (χ2v) is 14.9. The fourth-order valence-electron chi connectivity index (χ4n) is 8.17. The Hall–Kier alpha value is -3.33. The average molecular weight is 629 g/mol. The van der Waals surface area contributed by atoms with Crippen LogP contribution in [0.5, 0.6) is 5.75 Å². The van der Waals surface area contributed by atoms with Crippen molar-refractivity contribution in [2.75, 3.05) is 4.90 Å². The first-order chi connectivity index (χ1) is 20.8. The molecule has 3 aromatic carbocycles. The van der Waals surface area contributed by atoms with Gasteiger partial charge in [0.15, 0.2) is 0 Å². The molecule has 2 bridgehead atoms. The molecule has 4 aromatic rings. The van der Waals surface area contributed by atoms with Crippen LogP contribution in [0.2, 0.25) is 5.02 Å². The summed E-state index contributed by atoms with van der Waals surface area (Å²) in [5.74, 6) is -0.214. The number of amides is 2. The number of fused-ring (bicyclic) bond motifs is 9. The fourth-order valence-corrected chi connectivity index (χ4v) is 11.2. The van der Waals surface area contributed by atoms with Crippen LogP contribution in [0.15, 0.2) is 76.6 Å². The van der Waals surface area contributed by atoms with Gasteiger partial charge in [0.05, 0.1) is 22.5 Å². The number of aromatic amines is 1. The van der Waals surface area contributed by atoms with Crippen molar-refractivity contribution < 1.29 is 14.3 Å². The second-order valence-electron chi connectivity index (χ2n) is 12.3. The standard InChI is InChI=1S/C34H29ClN2O4S2/c1-16-6-9-20(10-7-16)37-32(38)27-22-14-23(28(27)33(37)39)29-26(22)25(30-31(42-29)36-34(40)43-30)21-13-19(35)8-11-24(21)41-15-18-5-3-4-17(2)12-18/h3-13,22-23,25-29H,14-15H2,1-2H3,(H,36,40)/t22-,23-,25?,26?,27?,28?,29?/m1/s1. The molecule has 9 heteroatoms. The van der Waals surface area contributed by atoms with E-state index in [9.17, 15) is 14.4 Å². The number of rotatable bonds is 5. The van der Waals surface area contributed by atoms with E-state index in [4.69, 9.17) is 16.3 Å². The Morgan fingerprint density at radius 3 is 2.47 bits per heavy atom. The number of ether oxygens (including phenoxy) is 1. The van der Waals surface area contributed by atoms with Crippen molar-refractivity contribution in [3.63, 3.8) is 0 Å². The number of hydrogen-bond donors (Lipinski definition) is 1. The highest BCUT2D eigenvalue weighted by Gasteiger charge is 2.69. The molecule has 2 amide bonds. The third-order valence-corrected chi connectivity index (χ3v) is 12.6. The van der Waals surface area contributed by atoms with E-state index in [0.717, 1.165) is 38.8 Å². The maximum absolute atomic E-state index is 14.0. The van der Waals surface area contributed by atoms with Gasteiger partial charge in [0, 0.05) is 26.6 Å². The molecule has 2 saturated carbocycles. The zero-order valence-corrected chi connectivity index (χ0v) is 26.0. The van der Waals surface area contributed by atoms with Crippen molar-refractivity contribution in [3.8, 4) is 5.75 Å². The number of halogens is 1. The topological polar surface area (TPSA) is 79.5 Å². The molecule has 3 fully saturated rings. The van der Waals surface area contributed by atoms with E-state index < -0.39 is 0 Å². The lowest BCUT2D eigenvalue weighted by Gasteiger charge is -2.43. The van der Waals surface area contributed by atoms with Gasteiger partial charge in [0.25, 0.3) is 0 Å². The first-order valence-corrected chi connectivity index (χ1v) is 16.7. The maximum atomic E-state index is 14.0. The highest BCUT2D eigenvalue weighted by Crippen LogP contribution is 2.69. The number of benzene rings is 3. The van der Waals surface area contributed by atoms with Crippen molar-refractivity contribution in [1.29, 1.82) is 0 Å². The first-order valence-electron chi connectivity index (χ1n) is 14.6. The van der Waals surface area contributed by atoms with Gasteiger partial charge in [-0.1, -0.05) is 70.5 Å². The Kier molecular flexibility index (Phi) is 6.40. The lowest BCUT2D eigenvalue weighted by atomic mass is 9.68. The van der Waals surface area contributed by atoms with Crippen LogP contribution < -0.4 is 14.5 Å². The summed E-state index contributed by atoms with van der Waals surface area (Å²) in [6, 6.07) is 21.6. The summed E-state index contributed by atoms with van der Waals surface area (Å²) in [6.45, 7) is 4.45. The molecule has 2 aliphatic heterocycles. The number of thiazole rings is 1. The normalized spacial score (nSPS) is 28.6. The lowest BCUT2D eigenvalue weighted by molar-refractivity contribution is -0.123. The van der Waals surface area contributed by atoms with E-state index in [1.54, 1.807) is 11.8 Å². The number of hydrogen-bond acceptors (Lipinski definition) is 6. The summed E-state index contributed by atoms with van der Waals surface area (Å²) in [5, 5.41) is 1.55. The molecule has 8 rings (SSSR count). The van der Waals surface area contributed by atoms with Gasteiger partial charge < -0.3 is 9.72 Å². The SMILES string of the molecule is Cc1ccc(N2C(=O)C3C(C2=O)[C@@H]2C[C@H]3C3Sc4[nH]c(=O)sc4C(c4cc(Cl)ccc4OCc4cccc(C)c4)C32)cc1. The Labute approximate surface area is 262 Å². The fraction of sp³-hybridized carbons (Fsp3) is 0.324. The van der Waals surface area contributed by atoms with Gasteiger partial charge in [-0.25, -0.2) is 0 Å². The number of carbonyl (C=O) groups excluding carboxylic acids is 2. The summed E-state index contributed by atoms with van der Waals surface area (Å²) in [5.41, 5.74) is 4.89. The van der Waals surface area contributed by atoms with E-state index in [1.165, 1.54) is 21.8 Å². The molecule has 5 unspecified atom stereocenters. The van der Waals surface area contributed by atoms with Gasteiger partial charge >= 0.3 is 4.87 Å². The quantitative estimate of drug-likeness (QED) is 0.242. The third kappa shape index (κ3) is 4.25. The van der Waals surface area contributed by atoms with E-state index in [1.807, 2.05) is 61.5 Å². The number of nitrogens with one attached hydrogen (secondary N) is 1. The van der Waals surface area contributed by atoms with Crippen LogP contribution in [0.25, 0.3) is 0 Å². The highest BCUT2D eigenvalue weighted by atomic mass is 35.5. The maximum Gasteiger partial charge on any atom is 0.305 e. The molecule has 0 spiro atoms. The van der Waals surface area contributed by atoms with E-state index in [-0.39, 0.29) is 57.4 Å². The molecule has 6 nitrogen and oxygen atoms in total. The van der Waals surface area contributed by atoms with Crippen LogP contribution in [0, 0.1) is 43.4 Å². The monoisotopic (exact) mass is 628 g/mol. The zero-order chi connectivity index (χ0) is 29.6. The largest absolute Gasteiger partial charge is 0.489 e. The predicted octanol–water partition coefficient (Wildman–Crippen LogP) is 6.96. The van der Waals surface area contributed by atoms with Crippen molar-refractivity contribution in [2.45, 2.75) is 43.1 Å². The minimum Gasteiger partial charge on any atom is -0.489 e. The number of aromatic nitrogens is 1. The number of nitrogens with zero attached hydrogens (tertiary/aromatic N) is 1. The summed E-state index contributed by atoms with van der Waals surface area (Å²) >= 11 is 9.54. The van der Waals surface area contributed by atoms with E-state index >= 15 is 0 Å². The third-order valence-electron chi connectivity index (χ3n) is 9.80. The molecule has 1 N–H and O–H groups in total.